The molecule has 0 saturated heterocycles. The molecule has 1 aliphatic heterocycles. The standard InChI is InChI=1S/C18H29N5O2/c1-8-18(13-9-11-20-12-10-13)21-15(22(6)7)16(2,3)23(18)25-17(4,5)14(19)24/h9-12H,8H2,1-7H3,(H2,19,24). The van der Waals surface area contributed by atoms with Gasteiger partial charge in [0.2, 0.25) is 0 Å². The summed E-state index contributed by atoms with van der Waals surface area (Å²) < 4.78 is 0. The molecule has 0 aliphatic carbocycles. The minimum Gasteiger partial charge on any atom is -0.367 e. The predicted octanol–water partition coefficient (Wildman–Crippen LogP) is 1.89. The topological polar surface area (TPSA) is 84.1 Å². The molecule has 0 aromatic carbocycles. The van der Waals surface area contributed by atoms with Gasteiger partial charge in [-0.3, -0.25) is 14.6 Å². The molecule has 1 atom stereocenters. The SMILES string of the molecule is CCC1(c2ccncc2)N=C(N(C)C)C(C)(C)N1OC(C)(C)C(N)=O. The fourth-order valence-corrected chi connectivity index (χ4v) is 3.25. The van der Waals surface area contributed by atoms with Gasteiger partial charge in [0.25, 0.3) is 5.91 Å². The van der Waals surface area contributed by atoms with Crippen molar-refractivity contribution in [2.75, 3.05) is 14.1 Å². The van der Waals surface area contributed by atoms with Gasteiger partial charge in [-0.15, -0.1) is 5.06 Å². The Morgan fingerprint density at radius 2 is 1.88 bits per heavy atom. The largest absolute Gasteiger partial charge is 0.367 e. The van der Waals surface area contributed by atoms with Gasteiger partial charge in [0, 0.05) is 26.5 Å². The first kappa shape index (κ1) is 19.3. The molecule has 7 nitrogen and oxygen atoms in total. The number of primary amides is 1. The Kier molecular flexibility index (Phi) is 4.94. The van der Waals surface area contributed by atoms with Crippen molar-refractivity contribution in [2.24, 2.45) is 10.7 Å². The number of likely N-dealkylation sites (N-methyl/N-ethyl adjacent to an activating group) is 1. The van der Waals surface area contributed by atoms with Gasteiger partial charge in [-0.1, -0.05) is 6.92 Å². The highest BCUT2D eigenvalue weighted by Crippen LogP contribution is 2.46. The van der Waals surface area contributed by atoms with Crippen molar-refractivity contribution in [2.45, 2.75) is 57.8 Å². The number of nitrogens with zero attached hydrogens (tertiary/aromatic N) is 4. The van der Waals surface area contributed by atoms with Gasteiger partial charge in [-0.05, 0) is 51.8 Å². The third-order valence-electron chi connectivity index (χ3n) is 4.65. The third-order valence-corrected chi connectivity index (χ3v) is 4.65. The highest BCUT2D eigenvalue weighted by molar-refractivity contribution is 5.92. The van der Waals surface area contributed by atoms with E-state index in [1.165, 1.54) is 0 Å². The van der Waals surface area contributed by atoms with Gasteiger partial charge in [0.1, 0.15) is 11.4 Å². The molecule has 1 aromatic rings. The van der Waals surface area contributed by atoms with Gasteiger partial charge < -0.3 is 10.6 Å². The number of hydrogen-bond acceptors (Lipinski definition) is 6. The average molecular weight is 347 g/mol. The van der Waals surface area contributed by atoms with E-state index in [-0.39, 0.29) is 0 Å². The lowest BCUT2D eigenvalue weighted by Gasteiger charge is -2.45. The fraction of sp³-hybridized carbons (Fsp3) is 0.611. The van der Waals surface area contributed by atoms with Crippen LogP contribution in [0.2, 0.25) is 0 Å². The number of carbonyl (C=O) groups is 1. The third kappa shape index (κ3) is 3.14. The normalized spacial score (nSPS) is 23.4. The van der Waals surface area contributed by atoms with Crippen LogP contribution in [-0.4, -0.2) is 51.9 Å². The van der Waals surface area contributed by atoms with E-state index in [0.717, 1.165) is 11.4 Å². The van der Waals surface area contributed by atoms with Crippen LogP contribution in [0.25, 0.3) is 0 Å². The molecule has 1 unspecified atom stereocenters. The summed E-state index contributed by atoms with van der Waals surface area (Å²) in [6.07, 6.45) is 4.13. The van der Waals surface area contributed by atoms with Crippen molar-refractivity contribution in [3.05, 3.63) is 30.1 Å². The van der Waals surface area contributed by atoms with Crippen LogP contribution in [-0.2, 0) is 15.3 Å². The smallest absolute Gasteiger partial charge is 0.251 e. The van der Waals surface area contributed by atoms with Crippen molar-refractivity contribution in [1.82, 2.24) is 14.9 Å². The lowest BCUT2D eigenvalue weighted by atomic mass is 9.95. The molecule has 2 rings (SSSR count). The second kappa shape index (κ2) is 6.38. The van der Waals surface area contributed by atoms with Gasteiger partial charge in [-0.2, -0.15) is 0 Å². The molecule has 0 spiro atoms. The van der Waals surface area contributed by atoms with E-state index in [0.29, 0.717) is 6.42 Å². The van der Waals surface area contributed by atoms with E-state index in [2.05, 4.69) is 4.98 Å². The number of aliphatic imine (C=N–C) groups is 1. The molecule has 0 fully saturated rings. The summed E-state index contributed by atoms with van der Waals surface area (Å²) in [5.74, 6) is 0.341. The van der Waals surface area contributed by atoms with Gasteiger partial charge in [0.05, 0.1) is 0 Å². The number of aromatic nitrogens is 1. The summed E-state index contributed by atoms with van der Waals surface area (Å²) in [7, 11) is 3.91. The predicted molar refractivity (Wildman–Crippen MR) is 97.6 cm³/mol. The number of carbonyl (C=O) groups excluding carboxylic acids is 1. The lowest BCUT2D eigenvalue weighted by Crippen LogP contribution is -2.59. The van der Waals surface area contributed by atoms with Crippen molar-refractivity contribution >= 4 is 11.7 Å². The highest BCUT2D eigenvalue weighted by Gasteiger charge is 2.56. The van der Waals surface area contributed by atoms with Crippen LogP contribution in [0.5, 0.6) is 0 Å². The quantitative estimate of drug-likeness (QED) is 0.879. The molecule has 1 amide bonds. The molecule has 2 N–H and O–H groups in total. The van der Waals surface area contributed by atoms with E-state index in [4.69, 9.17) is 15.6 Å². The minimum absolute atomic E-state index is 0.527. The number of rotatable bonds is 5. The summed E-state index contributed by atoms with van der Waals surface area (Å²) in [5.41, 5.74) is 4.02. The maximum atomic E-state index is 11.9. The summed E-state index contributed by atoms with van der Waals surface area (Å²) >= 11 is 0. The first-order valence-electron chi connectivity index (χ1n) is 8.46. The maximum Gasteiger partial charge on any atom is 0.251 e. The average Bonchev–Trinajstić information content (AvgIpc) is 2.77. The minimum atomic E-state index is -1.16. The Labute approximate surface area is 149 Å². The zero-order valence-electron chi connectivity index (χ0n) is 16.2. The lowest BCUT2D eigenvalue weighted by molar-refractivity contribution is -0.297. The first-order chi connectivity index (χ1) is 11.5. The van der Waals surface area contributed by atoms with E-state index < -0.39 is 22.7 Å². The monoisotopic (exact) mass is 347 g/mol. The van der Waals surface area contributed by atoms with Crippen molar-refractivity contribution in [1.29, 1.82) is 0 Å². The fourth-order valence-electron chi connectivity index (χ4n) is 3.25. The molecule has 0 saturated carbocycles. The van der Waals surface area contributed by atoms with Crippen LogP contribution < -0.4 is 5.73 Å². The summed E-state index contributed by atoms with van der Waals surface area (Å²) in [5, 5.41) is 1.81. The van der Waals surface area contributed by atoms with Crippen molar-refractivity contribution in [3.63, 3.8) is 0 Å². The molecule has 138 valence electrons. The van der Waals surface area contributed by atoms with Crippen LogP contribution in [0.4, 0.5) is 0 Å². The number of amidine groups is 1. The molecular weight excluding hydrogens is 318 g/mol. The van der Waals surface area contributed by atoms with Gasteiger partial charge in [0.15, 0.2) is 11.3 Å². The van der Waals surface area contributed by atoms with Crippen molar-refractivity contribution < 1.29 is 9.63 Å². The second-order valence-corrected chi connectivity index (χ2v) is 7.56. The molecular formula is C18H29N5O2. The zero-order valence-corrected chi connectivity index (χ0v) is 16.2. The number of amides is 1. The Bertz CT molecular complexity index is 669. The van der Waals surface area contributed by atoms with Crippen LogP contribution >= 0.6 is 0 Å². The van der Waals surface area contributed by atoms with Gasteiger partial charge >= 0.3 is 0 Å². The Hall–Kier alpha value is -1.99. The van der Waals surface area contributed by atoms with E-state index in [1.807, 2.05) is 57.0 Å². The number of hydroxylamine groups is 2. The number of pyridine rings is 1. The van der Waals surface area contributed by atoms with Gasteiger partial charge in [-0.25, -0.2) is 4.99 Å². The molecule has 1 aliphatic rings. The number of nitrogens with two attached hydrogens (primary N) is 1. The summed E-state index contributed by atoms with van der Waals surface area (Å²) in [6.45, 7) is 9.45. The molecule has 0 bridgehead atoms. The molecule has 0 radical (unpaired) electrons. The summed E-state index contributed by atoms with van der Waals surface area (Å²) in [6, 6.07) is 3.85. The van der Waals surface area contributed by atoms with E-state index in [1.54, 1.807) is 26.2 Å². The second-order valence-electron chi connectivity index (χ2n) is 7.56. The van der Waals surface area contributed by atoms with Crippen LogP contribution in [0, 0.1) is 0 Å². The van der Waals surface area contributed by atoms with E-state index in [9.17, 15) is 4.79 Å². The van der Waals surface area contributed by atoms with Crippen LogP contribution in [0.15, 0.2) is 29.5 Å². The Morgan fingerprint density at radius 3 is 2.32 bits per heavy atom. The zero-order chi connectivity index (χ0) is 19.0. The van der Waals surface area contributed by atoms with Crippen molar-refractivity contribution in [3.8, 4) is 0 Å². The van der Waals surface area contributed by atoms with E-state index >= 15 is 0 Å². The van der Waals surface area contributed by atoms with Crippen LogP contribution in [0.1, 0.15) is 46.6 Å². The number of hydrogen-bond donors (Lipinski definition) is 1. The molecule has 2 heterocycles. The summed E-state index contributed by atoms with van der Waals surface area (Å²) in [4.78, 5) is 29.2. The molecule has 25 heavy (non-hydrogen) atoms. The maximum absolute atomic E-state index is 11.9. The Balaban J connectivity index is 2.65. The first-order valence-corrected chi connectivity index (χ1v) is 8.46. The Morgan fingerprint density at radius 1 is 1.32 bits per heavy atom. The van der Waals surface area contributed by atoms with Crippen LogP contribution in [0.3, 0.4) is 0 Å². The molecule has 7 heteroatoms. The highest BCUT2D eigenvalue weighted by atomic mass is 16.7. The molecule has 1 aromatic heterocycles.